The monoisotopic (exact) mass is 236 g/mol. The summed E-state index contributed by atoms with van der Waals surface area (Å²) < 4.78 is 5.29. The van der Waals surface area contributed by atoms with Crippen LogP contribution in [0.25, 0.3) is 0 Å². The molecule has 0 radical (unpaired) electrons. The molecule has 2 atom stereocenters. The summed E-state index contributed by atoms with van der Waals surface area (Å²) in [6.45, 7) is 8.06. The molecule has 2 rings (SSSR count). The summed E-state index contributed by atoms with van der Waals surface area (Å²) in [6, 6.07) is 0. The number of epoxide rings is 1. The lowest BCUT2D eigenvalue weighted by Crippen LogP contribution is -2.25. The molecule has 1 saturated heterocycles. The van der Waals surface area contributed by atoms with Crippen molar-refractivity contribution in [1.29, 1.82) is 0 Å². The standard InChI is InChI=1S/C14H20O3/c1-9(15)11-7-12(11)13(3,4)5-6-14(8-17-14)10(2)16/h7,11H,5-6,8H2,1-4H3. The molecular formula is C14H20O3. The second-order valence-electron chi connectivity index (χ2n) is 5.93. The van der Waals surface area contributed by atoms with Crippen molar-refractivity contribution in [3.05, 3.63) is 11.6 Å². The summed E-state index contributed by atoms with van der Waals surface area (Å²) in [6.07, 6.45) is 3.69. The van der Waals surface area contributed by atoms with E-state index in [1.54, 1.807) is 13.8 Å². The highest BCUT2D eigenvalue weighted by atomic mass is 16.6. The SMILES string of the molecule is CC(=O)C1C=C1C(C)(C)CCC1(C(C)=O)CO1. The molecule has 94 valence electrons. The first-order chi connectivity index (χ1) is 7.78. The zero-order valence-electron chi connectivity index (χ0n) is 11.0. The molecular weight excluding hydrogens is 216 g/mol. The van der Waals surface area contributed by atoms with Gasteiger partial charge in [0.25, 0.3) is 0 Å². The number of rotatable bonds is 6. The molecule has 0 aromatic rings. The molecule has 0 bridgehead atoms. The van der Waals surface area contributed by atoms with Gasteiger partial charge in [0.15, 0.2) is 5.78 Å². The van der Waals surface area contributed by atoms with Crippen molar-refractivity contribution in [3.63, 3.8) is 0 Å². The third kappa shape index (κ3) is 2.34. The van der Waals surface area contributed by atoms with Crippen LogP contribution in [0.5, 0.6) is 0 Å². The van der Waals surface area contributed by atoms with Gasteiger partial charge >= 0.3 is 0 Å². The quantitative estimate of drug-likeness (QED) is 0.525. The highest BCUT2D eigenvalue weighted by Crippen LogP contribution is 2.48. The minimum absolute atomic E-state index is 0.00470. The van der Waals surface area contributed by atoms with Crippen LogP contribution < -0.4 is 0 Å². The minimum Gasteiger partial charge on any atom is -0.361 e. The van der Waals surface area contributed by atoms with Crippen LogP contribution in [0.4, 0.5) is 0 Å². The maximum atomic E-state index is 11.4. The van der Waals surface area contributed by atoms with E-state index >= 15 is 0 Å². The molecule has 17 heavy (non-hydrogen) atoms. The van der Waals surface area contributed by atoms with Gasteiger partial charge in [0.2, 0.25) is 0 Å². The molecule has 2 aliphatic rings. The van der Waals surface area contributed by atoms with E-state index in [9.17, 15) is 9.59 Å². The van der Waals surface area contributed by atoms with Crippen molar-refractivity contribution in [2.45, 2.75) is 46.1 Å². The Balaban J connectivity index is 1.89. The van der Waals surface area contributed by atoms with Crippen LogP contribution in [0.15, 0.2) is 11.6 Å². The summed E-state index contributed by atoms with van der Waals surface area (Å²) in [5, 5.41) is 0. The number of ketones is 2. The topological polar surface area (TPSA) is 46.7 Å². The number of Topliss-reactive ketones (excluding diaryl/α,β-unsaturated/α-hetero) is 2. The van der Waals surface area contributed by atoms with Crippen molar-refractivity contribution in [3.8, 4) is 0 Å². The Kier molecular flexibility index (Phi) is 2.77. The van der Waals surface area contributed by atoms with Gasteiger partial charge in [-0.1, -0.05) is 25.5 Å². The van der Waals surface area contributed by atoms with Gasteiger partial charge in [-0.3, -0.25) is 9.59 Å². The van der Waals surface area contributed by atoms with Gasteiger partial charge in [0.05, 0.1) is 12.5 Å². The Morgan fingerprint density at radius 1 is 1.47 bits per heavy atom. The van der Waals surface area contributed by atoms with Crippen LogP contribution in [0.2, 0.25) is 0 Å². The molecule has 3 heteroatoms. The second-order valence-corrected chi connectivity index (χ2v) is 5.93. The largest absolute Gasteiger partial charge is 0.361 e. The Morgan fingerprint density at radius 3 is 2.41 bits per heavy atom. The van der Waals surface area contributed by atoms with Crippen LogP contribution in [0.3, 0.4) is 0 Å². The van der Waals surface area contributed by atoms with Gasteiger partial charge in [-0.15, -0.1) is 0 Å². The second kappa shape index (κ2) is 3.77. The molecule has 0 aromatic carbocycles. The highest BCUT2D eigenvalue weighted by Gasteiger charge is 2.51. The minimum atomic E-state index is -0.502. The van der Waals surface area contributed by atoms with Crippen molar-refractivity contribution in [1.82, 2.24) is 0 Å². The van der Waals surface area contributed by atoms with E-state index in [0.29, 0.717) is 6.61 Å². The van der Waals surface area contributed by atoms with Crippen molar-refractivity contribution in [2.24, 2.45) is 11.3 Å². The molecule has 0 amide bonds. The third-order valence-corrected chi connectivity index (χ3v) is 4.08. The van der Waals surface area contributed by atoms with Gasteiger partial charge in [-0.2, -0.15) is 0 Å². The Hall–Kier alpha value is -0.960. The predicted octanol–water partition coefficient (Wildman–Crippen LogP) is 2.30. The maximum Gasteiger partial charge on any atom is 0.163 e. The van der Waals surface area contributed by atoms with E-state index in [1.807, 2.05) is 6.08 Å². The fourth-order valence-electron chi connectivity index (χ4n) is 2.38. The predicted molar refractivity (Wildman–Crippen MR) is 64.6 cm³/mol. The molecule has 1 aliphatic carbocycles. The van der Waals surface area contributed by atoms with Gasteiger partial charge in [-0.25, -0.2) is 0 Å². The summed E-state index contributed by atoms with van der Waals surface area (Å²) in [5.74, 6) is 0.400. The fraction of sp³-hybridized carbons (Fsp3) is 0.714. The van der Waals surface area contributed by atoms with Gasteiger partial charge < -0.3 is 4.74 Å². The number of allylic oxidation sites excluding steroid dienone is 2. The number of ether oxygens (including phenoxy) is 1. The van der Waals surface area contributed by atoms with E-state index in [4.69, 9.17) is 4.74 Å². The van der Waals surface area contributed by atoms with Crippen molar-refractivity contribution >= 4 is 11.6 Å². The third-order valence-electron chi connectivity index (χ3n) is 4.08. The lowest BCUT2D eigenvalue weighted by Gasteiger charge is -2.24. The summed E-state index contributed by atoms with van der Waals surface area (Å²) >= 11 is 0. The van der Waals surface area contributed by atoms with Crippen LogP contribution in [-0.2, 0) is 14.3 Å². The average molecular weight is 236 g/mol. The van der Waals surface area contributed by atoms with E-state index < -0.39 is 5.60 Å². The van der Waals surface area contributed by atoms with E-state index in [1.165, 1.54) is 5.57 Å². The smallest absolute Gasteiger partial charge is 0.163 e. The number of hydrogen-bond acceptors (Lipinski definition) is 3. The molecule has 3 nitrogen and oxygen atoms in total. The Labute approximate surface area is 102 Å². The first kappa shape index (κ1) is 12.5. The van der Waals surface area contributed by atoms with Crippen LogP contribution in [-0.4, -0.2) is 23.8 Å². The average Bonchev–Trinajstić information content (AvgIpc) is 3.09. The molecule has 2 unspecified atom stereocenters. The molecule has 0 spiro atoms. The number of carbonyl (C=O) groups is 2. The lowest BCUT2D eigenvalue weighted by atomic mass is 9.80. The first-order valence-corrected chi connectivity index (χ1v) is 6.16. The first-order valence-electron chi connectivity index (χ1n) is 6.16. The maximum absolute atomic E-state index is 11.4. The molecule has 1 aliphatic heterocycles. The summed E-state index contributed by atoms with van der Waals surface area (Å²) in [5.41, 5.74) is 0.729. The van der Waals surface area contributed by atoms with Gasteiger partial charge in [0.1, 0.15) is 11.4 Å². The summed E-state index contributed by atoms with van der Waals surface area (Å²) in [4.78, 5) is 22.7. The zero-order chi connectivity index (χ0) is 12.8. The number of hydrogen-bond donors (Lipinski definition) is 0. The van der Waals surface area contributed by atoms with Crippen LogP contribution in [0, 0.1) is 11.3 Å². The van der Waals surface area contributed by atoms with E-state index in [-0.39, 0.29) is 22.9 Å². The molecule has 1 fully saturated rings. The number of carbonyl (C=O) groups excluding carboxylic acids is 2. The molecule has 0 aromatic heterocycles. The van der Waals surface area contributed by atoms with Crippen LogP contribution in [0.1, 0.15) is 40.5 Å². The molecule has 0 saturated carbocycles. The fourth-order valence-corrected chi connectivity index (χ4v) is 2.38. The Morgan fingerprint density at radius 2 is 2.06 bits per heavy atom. The van der Waals surface area contributed by atoms with Crippen molar-refractivity contribution in [2.75, 3.05) is 6.61 Å². The lowest BCUT2D eigenvalue weighted by molar-refractivity contribution is -0.122. The molecule has 0 N–H and O–H groups in total. The van der Waals surface area contributed by atoms with Gasteiger partial charge in [0, 0.05) is 0 Å². The molecule has 1 heterocycles. The zero-order valence-corrected chi connectivity index (χ0v) is 11.0. The van der Waals surface area contributed by atoms with Gasteiger partial charge in [-0.05, 0) is 32.1 Å². The Bertz CT molecular complexity index is 400. The van der Waals surface area contributed by atoms with E-state index in [0.717, 1.165) is 12.8 Å². The van der Waals surface area contributed by atoms with E-state index in [2.05, 4.69) is 13.8 Å². The normalized spacial score (nSPS) is 30.8. The summed E-state index contributed by atoms with van der Waals surface area (Å²) in [7, 11) is 0. The van der Waals surface area contributed by atoms with Crippen molar-refractivity contribution < 1.29 is 14.3 Å². The highest BCUT2D eigenvalue weighted by molar-refractivity contribution is 5.88. The van der Waals surface area contributed by atoms with Crippen LogP contribution >= 0.6 is 0 Å².